The van der Waals surface area contributed by atoms with Crippen molar-refractivity contribution >= 4 is 21.2 Å². The van der Waals surface area contributed by atoms with Gasteiger partial charge in [0.25, 0.3) is 0 Å². The second kappa shape index (κ2) is 4.54. The molecule has 5 nitrogen and oxygen atoms in total. The fourth-order valence-electron chi connectivity index (χ4n) is 1.62. The quantitative estimate of drug-likeness (QED) is 0.784. The van der Waals surface area contributed by atoms with E-state index < -0.39 is 9.84 Å². The van der Waals surface area contributed by atoms with Crippen LogP contribution in [0.3, 0.4) is 0 Å². The first kappa shape index (κ1) is 12.2. The Bertz CT molecular complexity index is 509. The van der Waals surface area contributed by atoms with E-state index in [4.69, 9.17) is 4.84 Å². The Labute approximate surface area is 101 Å². The van der Waals surface area contributed by atoms with E-state index in [2.05, 4.69) is 10.8 Å². The summed E-state index contributed by atoms with van der Waals surface area (Å²) in [6.45, 7) is 0. The van der Waals surface area contributed by atoms with Gasteiger partial charge in [0, 0.05) is 12.3 Å². The summed E-state index contributed by atoms with van der Waals surface area (Å²) in [4.78, 5) is 5.15. The summed E-state index contributed by atoms with van der Waals surface area (Å²) in [6, 6.07) is 5.44. The van der Waals surface area contributed by atoms with Crippen LogP contribution in [0.2, 0.25) is 0 Å². The van der Waals surface area contributed by atoms with Crippen molar-refractivity contribution in [2.24, 2.45) is 0 Å². The highest BCUT2D eigenvalue weighted by atomic mass is 32.2. The SMILES string of the molecule is CONc1cccc(S(C)(=O)=O)c1NC1CC1. The Morgan fingerprint density at radius 3 is 2.59 bits per heavy atom. The molecule has 0 spiro atoms. The predicted octanol–water partition coefficient (Wildman–Crippen LogP) is 1.64. The van der Waals surface area contributed by atoms with Crippen LogP contribution in [0, 0.1) is 0 Å². The lowest BCUT2D eigenvalue weighted by molar-refractivity contribution is 0.271. The second-order valence-corrected chi connectivity index (χ2v) is 6.16. The smallest absolute Gasteiger partial charge is 0.177 e. The van der Waals surface area contributed by atoms with Gasteiger partial charge in [0.2, 0.25) is 0 Å². The first-order valence-electron chi connectivity index (χ1n) is 5.41. The van der Waals surface area contributed by atoms with E-state index >= 15 is 0 Å². The Hall–Kier alpha value is -1.27. The average Bonchev–Trinajstić information content (AvgIpc) is 3.03. The third-order valence-electron chi connectivity index (χ3n) is 2.56. The summed E-state index contributed by atoms with van der Waals surface area (Å²) in [7, 11) is -1.76. The Morgan fingerprint density at radius 2 is 2.06 bits per heavy atom. The summed E-state index contributed by atoms with van der Waals surface area (Å²) in [5.41, 5.74) is 3.93. The number of anilines is 2. The molecule has 0 amide bonds. The third-order valence-corrected chi connectivity index (χ3v) is 3.70. The molecule has 0 heterocycles. The van der Waals surface area contributed by atoms with Crippen LogP contribution in [0.5, 0.6) is 0 Å². The molecule has 1 aromatic carbocycles. The molecule has 1 fully saturated rings. The minimum Gasteiger partial charge on any atom is -0.380 e. The van der Waals surface area contributed by atoms with E-state index in [0.717, 1.165) is 12.8 Å². The highest BCUT2D eigenvalue weighted by Crippen LogP contribution is 2.34. The Morgan fingerprint density at radius 1 is 1.35 bits per heavy atom. The van der Waals surface area contributed by atoms with Crippen LogP contribution >= 0.6 is 0 Å². The van der Waals surface area contributed by atoms with E-state index in [1.54, 1.807) is 18.2 Å². The third kappa shape index (κ3) is 2.89. The van der Waals surface area contributed by atoms with Crippen LogP contribution in [0.1, 0.15) is 12.8 Å². The lowest BCUT2D eigenvalue weighted by atomic mass is 10.2. The normalized spacial score (nSPS) is 15.6. The van der Waals surface area contributed by atoms with Crippen molar-refractivity contribution in [3.63, 3.8) is 0 Å². The standard InChI is InChI=1S/C11H16N2O3S/c1-16-13-9-4-3-5-10(17(2,14)15)11(9)12-8-6-7-8/h3-5,8,12-13H,6-7H2,1-2H3. The maximum Gasteiger partial charge on any atom is 0.177 e. The van der Waals surface area contributed by atoms with Gasteiger partial charge < -0.3 is 5.32 Å². The van der Waals surface area contributed by atoms with E-state index in [9.17, 15) is 8.42 Å². The minimum absolute atomic E-state index is 0.298. The molecule has 1 aromatic rings. The molecule has 6 heteroatoms. The first-order chi connectivity index (χ1) is 8.02. The number of nitrogens with one attached hydrogen (secondary N) is 2. The molecule has 0 saturated heterocycles. The van der Waals surface area contributed by atoms with E-state index in [1.807, 2.05) is 0 Å². The maximum absolute atomic E-state index is 11.7. The largest absolute Gasteiger partial charge is 0.380 e. The molecule has 17 heavy (non-hydrogen) atoms. The number of rotatable bonds is 5. The van der Waals surface area contributed by atoms with Gasteiger partial charge in [0.1, 0.15) is 0 Å². The highest BCUT2D eigenvalue weighted by molar-refractivity contribution is 7.90. The predicted molar refractivity (Wildman–Crippen MR) is 66.8 cm³/mol. The van der Waals surface area contributed by atoms with E-state index in [0.29, 0.717) is 22.3 Å². The summed E-state index contributed by atoms with van der Waals surface area (Å²) in [5.74, 6) is 0. The highest BCUT2D eigenvalue weighted by Gasteiger charge is 2.25. The molecule has 0 radical (unpaired) electrons. The summed E-state index contributed by atoms with van der Waals surface area (Å²) in [5, 5.41) is 3.22. The van der Waals surface area contributed by atoms with Crippen LogP contribution in [0.15, 0.2) is 23.1 Å². The van der Waals surface area contributed by atoms with Crippen LogP contribution in [-0.4, -0.2) is 27.8 Å². The van der Waals surface area contributed by atoms with Crippen LogP contribution in [-0.2, 0) is 14.7 Å². The zero-order chi connectivity index (χ0) is 12.5. The Balaban J connectivity index is 2.45. The molecule has 1 aliphatic carbocycles. The van der Waals surface area contributed by atoms with Crippen molar-refractivity contribution in [2.45, 2.75) is 23.8 Å². The lowest BCUT2D eigenvalue weighted by Crippen LogP contribution is -2.11. The molecule has 0 unspecified atom stereocenters. The van der Waals surface area contributed by atoms with E-state index in [1.165, 1.54) is 13.4 Å². The lowest BCUT2D eigenvalue weighted by Gasteiger charge is -2.15. The zero-order valence-corrected chi connectivity index (χ0v) is 10.7. The van der Waals surface area contributed by atoms with Gasteiger partial charge in [0.15, 0.2) is 9.84 Å². The van der Waals surface area contributed by atoms with Gasteiger partial charge in [0.05, 0.1) is 23.4 Å². The fourth-order valence-corrected chi connectivity index (χ4v) is 2.48. The van der Waals surface area contributed by atoms with Crippen molar-refractivity contribution in [1.29, 1.82) is 0 Å². The molecule has 1 aliphatic rings. The number of hydrogen-bond acceptors (Lipinski definition) is 5. The van der Waals surface area contributed by atoms with Gasteiger partial charge >= 0.3 is 0 Å². The van der Waals surface area contributed by atoms with Crippen molar-refractivity contribution < 1.29 is 13.3 Å². The van der Waals surface area contributed by atoms with Crippen molar-refractivity contribution in [1.82, 2.24) is 0 Å². The number of hydrogen-bond donors (Lipinski definition) is 2. The molecular formula is C11H16N2O3S. The monoisotopic (exact) mass is 256 g/mol. The number of sulfone groups is 1. The second-order valence-electron chi connectivity index (χ2n) is 4.18. The fraction of sp³-hybridized carbons (Fsp3) is 0.455. The average molecular weight is 256 g/mol. The molecule has 1 saturated carbocycles. The summed E-state index contributed by atoms with van der Waals surface area (Å²) < 4.78 is 23.4. The molecule has 2 rings (SSSR count). The maximum atomic E-state index is 11.7. The minimum atomic E-state index is -3.25. The topological polar surface area (TPSA) is 67.4 Å². The van der Waals surface area contributed by atoms with Crippen molar-refractivity contribution in [2.75, 3.05) is 24.2 Å². The van der Waals surface area contributed by atoms with Gasteiger partial charge in [-0.1, -0.05) is 6.07 Å². The van der Waals surface area contributed by atoms with Crippen molar-refractivity contribution in [3.05, 3.63) is 18.2 Å². The molecule has 94 valence electrons. The van der Waals surface area contributed by atoms with Crippen LogP contribution < -0.4 is 10.8 Å². The molecule has 2 N–H and O–H groups in total. The zero-order valence-electron chi connectivity index (χ0n) is 9.86. The van der Waals surface area contributed by atoms with Crippen LogP contribution in [0.25, 0.3) is 0 Å². The molecule has 0 atom stereocenters. The van der Waals surface area contributed by atoms with Gasteiger partial charge in [-0.25, -0.2) is 8.42 Å². The van der Waals surface area contributed by atoms with Gasteiger partial charge in [-0.2, -0.15) is 0 Å². The van der Waals surface area contributed by atoms with Crippen molar-refractivity contribution in [3.8, 4) is 0 Å². The summed E-state index contributed by atoms with van der Waals surface area (Å²) in [6.07, 6.45) is 3.35. The number of para-hydroxylation sites is 1. The molecule has 0 aliphatic heterocycles. The molecule has 0 bridgehead atoms. The molecular weight excluding hydrogens is 240 g/mol. The number of benzene rings is 1. The van der Waals surface area contributed by atoms with E-state index in [-0.39, 0.29) is 0 Å². The van der Waals surface area contributed by atoms with Gasteiger partial charge in [-0.15, -0.1) is 0 Å². The molecule has 0 aromatic heterocycles. The first-order valence-corrected chi connectivity index (χ1v) is 7.30. The summed E-state index contributed by atoms with van der Waals surface area (Å²) >= 11 is 0. The van der Waals surface area contributed by atoms with Crippen LogP contribution in [0.4, 0.5) is 11.4 Å². The van der Waals surface area contributed by atoms with Gasteiger partial charge in [-0.3, -0.25) is 10.3 Å². The Kier molecular flexibility index (Phi) is 3.26. The van der Waals surface area contributed by atoms with Gasteiger partial charge in [-0.05, 0) is 25.0 Å².